The minimum Gasteiger partial charge on any atom is -0.436 e. The smallest absolute Gasteiger partial charge is 0.303 e. The van der Waals surface area contributed by atoms with E-state index >= 15 is 8.78 Å². The van der Waals surface area contributed by atoms with Gasteiger partial charge in [-0.1, -0.05) is 45.2 Å². The quantitative estimate of drug-likeness (QED) is 0.183. The number of halogens is 2. The molecular weight excluding hydrogens is 423 g/mol. The van der Waals surface area contributed by atoms with Gasteiger partial charge in [-0.3, -0.25) is 0 Å². The summed E-state index contributed by atoms with van der Waals surface area (Å²) in [7, 11) is 1.34. The molecule has 0 amide bonds. The van der Waals surface area contributed by atoms with Gasteiger partial charge in [-0.2, -0.15) is 4.91 Å². The van der Waals surface area contributed by atoms with Crippen LogP contribution in [0.3, 0.4) is 0 Å². The second kappa shape index (κ2) is 14.6. The Hall–Kier alpha value is -0.675. The number of hydrogen-bond donors (Lipinski definition) is 0. The van der Waals surface area contributed by atoms with Gasteiger partial charge in [-0.25, -0.2) is 8.78 Å². The number of nitrogens with zero attached hydrogens (tertiary/aromatic N) is 1. The average Bonchev–Trinajstić information content (AvgIpc) is 2.77. The van der Waals surface area contributed by atoms with Gasteiger partial charge < -0.3 is 23.6 Å². The number of rotatable bonds is 17. The van der Waals surface area contributed by atoms with Crippen molar-refractivity contribution in [1.29, 1.82) is 0 Å². The molecule has 32 heavy (non-hydrogen) atoms. The molecule has 1 aliphatic rings. The maximum atomic E-state index is 15.5. The molecule has 1 heterocycles. The standard InChI is InChI=1S/C22H42BF2NO6/c1-6-9-12-28-15-16-17(29-13-10-7-2)18(30-14-11-8-3)19(32-23)20(31-16)22(24,25)21(4,5)26-27/h16-20H,6-15,23H2,1-5H3/t16-,17+,18+,19-,20-/m1/s1. The van der Waals surface area contributed by atoms with Crippen molar-refractivity contribution in [3.05, 3.63) is 4.91 Å². The first-order valence-corrected chi connectivity index (χ1v) is 11.9. The topological polar surface area (TPSA) is 75.6 Å². The molecule has 188 valence electrons. The second-order valence-electron chi connectivity index (χ2n) is 8.88. The first kappa shape index (κ1) is 29.4. The number of hydrogen-bond acceptors (Lipinski definition) is 7. The highest BCUT2D eigenvalue weighted by atomic mass is 19.3. The molecule has 0 aromatic heterocycles. The minimum absolute atomic E-state index is 0.0857. The Morgan fingerprint density at radius 2 is 1.44 bits per heavy atom. The molecule has 1 aliphatic heterocycles. The molecule has 0 bridgehead atoms. The van der Waals surface area contributed by atoms with Crippen molar-refractivity contribution in [3.63, 3.8) is 0 Å². The summed E-state index contributed by atoms with van der Waals surface area (Å²) in [5, 5.41) is 2.69. The zero-order valence-corrected chi connectivity index (χ0v) is 20.6. The van der Waals surface area contributed by atoms with Gasteiger partial charge >= 0.3 is 5.92 Å². The zero-order valence-electron chi connectivity index (χ0n) is 20.6. The van der Waals surface area contributed by atoms with Gasteiger partial charge in [0, 0.05) is 19.8 Å². The summed E-state index contributed by atoms with van der Waals surface area (Å²) in [5.74, 6) is -3.60. The molecule has 0 aliphatic carbocycles. The van der Waals surface area contributed by atoms with Crippen molar-refractivity contribution < 1.29 is 32.4 Å². The van der Waals surface area contributed by atoms with E-state index in [0.717, 1.165) is 52.4 Å². The first-order valence-electron chi connectivity index (χ1n) is 11.9. The summed E-state index contributed by atoms with van der Waals surface area (Å²) in [6.45, 7) is 9.72. The molecule has 0 aromatic rings. The molecule has 1 saturated heterocycles. The van der Waals surface area contributed by atoms with E-state index in [0.29, 0.717) is 19.8 Å². The van der Waals surface area contributed by atoms with Gasteiger partial charge in [-0.05, 0) is 33.1 Å². The minimum atomic E-state index is -3.60. The average molecular weight is 465 g/mol. The lowest BCUT2D eigenvalue weighted by molar-refractivity contribution is -0.300. The highest BCUT2D eigenvalue weighted by Crippen LogP contribution is 2.43. The molecule has 0 aromatic carbocycles. The summed E-state index contributed by atoms with van der Waals surface area (Å²) in [6.07, 6.45) is 0.131. The van der Waals surface area contributed by atoms with Crippen molar-refractivity contribution in [3.8, 4) is 0 Å². The SMILES string of the molecule is BO[C@@H]1[C@@H](OCCCC)[C@@H](OCCCC)[C@@H](COCCCC)O[C@H]1C(F)(F)C(C)(C)N=O. The lowest BCUT2D eigenvalue weighted by atomic mass is 9.83. The molecule has 0 spiro atoms. The summed E-state index contributed by atoms with van der Waals surface area (Å²) >= 11 is 0. The fourth-order valence-corrected chi connectivity index (χ4v) is 3.57. The Morgan fingerprint density at radius 1 is 0.906 bits per heavy atom. The predicted molar refractivity (Wildman–Crippen MR) is 122 cm³/mol. The third-order valence-electron chi connectivity index (χ3n) is 5.85. The molecule has 0 N–H and O–H groups in total. The largest absolute Gasteiger partial charge is 0.436 e. The van der Waals surface area contributed by atoms with E-state index in [2.05, 4.69) is 5.18 Å². The van der Waals surface area contributed by atoms with Crippen LogP contribution in [0.1, 0.15) is 73.1 Å². The fraction of sp³-hybridized carbons (Fsp3) is 1.00. The van der Waals surface area contributed by atoms with E-state index in [-0.39, 0.29) is 6.61 Å². The van der Waals surface area contributed by atoms with Gasteiger partial charge in [0.1, 0.15) is 24.4 Å². The number of alkyl halides is 2. The van der Waals surface area contributed by atoms with Crippen LogP contribution in [0.2, 0.25) is 0 Å². The van der Waals surface area contributed by atoms with Gasteiger partial charge in [-0.15, -0.1) is 0 Å². The highest BCUT2D eigenvalue weighted by Gasteiger charge is 2.63. The highest BCUT2D eigenvalue weighted by molar-refractivity contribution is 5.98. The molecule has 1 fully saturated rings. The Bertz CT molecular complexity index is 529. The summed E-state index contributed by atoms with van der Waals surface area (Å²) in [5.41, 5.74) is -2.19. The van der Waals surface area contributed by atoms with Crippen LogP contribution in [0.15, 0.2) is 5.18 Å². The van der Waals surface area contributed by atoms with Crippen LogP contribution in [-0.2, 0) is 23.6 Å². The number of ether oxygens (including phenoxy) is 4. The predicted octanol–water partition coefficient (Wildman–Crippen LogP) is 4.05. The van der Waals surface area contributed by atoms with Crippen LogP contribution < -0.4 is 0 Å². The zero-order chi connectivity index (χ0) is 24.2. The first-order chi connectivity index (χ1) is 15.2. The molecule has 0 unspecified atom stereocenters. The summed E-state index contributed by atoms with van der Waals surface area (Å²) < 4.78 is 60.3. The van der Waals surface area contributed by atoms with Crippen molar-refractivity contribution >= 4 is 8.05 Å². The van der Waals surface area contributed by atoms with Crippen molar-refractivity contribution in [1.82, 2.24) is 0 Å². The number of nitroso groups, excluding NO2 is 1. The Kier molecular flexibility index (Phi) is 13.4. The van der Waals surface area contributed by atoms with Crippen molar-refractivity contribution in [2.45, 2.75) is 115 Å². The van der Waals surface area contributed by atoms with Crippen LogP contribution in [-0.4, -0.2) is 76.5 Å². The van der Waals surface area contributed by atoms with E-state index < -0.39 is 42.0 Å². The van der Waals surface area contributed by atoms with E-state index in [1.165, 1.54) is 8.05 Å². The maximum absolute atomic E-state index is 15.5. The second-order valence-corrected chi connectivity index (χ2v) is 8.88. The third kappa shape index (κ3) is 7.69. The Morgan fingerprint density at radius 3 is 1.94 bits per heavy atom. The van der Waals surface area contributed by atoms with Gasteiger partial charge in [0.05, 0.1) is 6.61 Å². The molecule has 0 radical (unpaired) electrons. The lowest BCUT2D eigenvalue weighted by Gasteiger charge is -2.49. The Balaban J connectivity index is 3.27. The molecule has 1 rings (SSSR count). The summed E-state index contributed by atoms with van der Waals surface area (Å²) in [4.78, 5) is 11.3. The van der Waals surface area contributed by atoms with E-state index in [1.54, 1.807) is 0 Å². The van der Waals surface area contributed by atoms with E-state index in [9.17, 15) is 4.91 Å². The maximum Gasteiger partial charge on any atom is 0.303 e. The van der Waals surface area contributed by atoms with Gasteiger partial charge in [0.25, 0.3) is 8.05 Å². The fourth-order valence-electron chi connectivity index (χ4n) is 3.57. The molecule has 7 nitrogen and oxygen atoms in total. The lowest BCUT2D eigenvalue weighted by Crippen LogP contribution is -2.68. The van der Waals surface area contributed by atoms with E-state index in [1.807, 2.05) is 20.8 Å². The van der Waals surface area contributed by atoms with Crippen LogP contribution in [0.4, 0.5) is 8.78 Å². The monoisotopic (exact) mass is 465 g/mol. The Labute approximate surface area is 192 Å². The van der Waals surface area contributed by atoms with Crippen LogP contribution in [0.5, 0.6) is 0 Å². The van der Waals surface area contributed by atoms with Crippen molar-refractivity contribution in [2.75, 3.05) is 26.4 Å². The normalized spacial score (nSPS) is 26.9. The van der Waals surface area contributed by atoms with Gasteiger partial charge in [0.2, 0.25) is 0 Å². The molecule has 5 atom stereocenters. The van der Waals surface area contributed by atoms with E-state index in [4.69, 9.17) is 23.6 Å². The number of unbranched alkanes of at least 4 members (excludes halogenated alkanes) is 3. The van der Waals surface area contributed by atoms with Crippen LogP contribution in [0.25, 0.3) is 0 Å². The molecular formula is C22H42BF2NO6. The molecule has 0 saturated carbocycles. The van der Waals surface area contributed by atoms with Crippen molar-refractivity contribution in [2.24, 2.45) is 5.18 Å². The third-order valence-corrected chi connectivity index (χ3v) is 5.85. The van der Waals surface area contributed by atoms with Crippen LogP contribution >= 0.6 is 0 Å². The summed E-state index contributed by atoms with van der Waals surface area (Å²) in [6, 6.07) is 0. The van der Waals surface area contributed by atoms with Crippen LogP contribution in [0, 0.1) is 4.91 Å². The molecule has 10 heteroatoms. The van der Waals surface area contributed by atoms with Gasteiger partial charge in [0.15, 0.2) is 11.6 Å².